The number of ether oxygens (including phenoxy) is 3. The van der Waals surface area contributed by atoms with Gasteiger partial charge in [0.25, 0.3) is 0 Å². The molecular formula is C21H29IN4O3. The van der Waals surface area contributed by atoms with Crippen molar-refractivity contribution in [2.45, 2.75) is 13.0 Å². The maximum absolute atomic E-state index is 6.07. The maximum Gasteiger partial charge on any atom is 0.193 e. The van der Waals surface area contributed by atoms with Gasteiger partial charge in [-0.15, -0.1) is 24.0 Å². The molecule has 0 aromatic heterocycles. The summed E-state index contributed by atoms with van der Waals surface area (Å²) in [7, 11) is 4.04. The van der Waals surface area contributed by atoms with Gasteiger partial charge in [-0.25, -0.2) is 4.99 Å². The number of aliphatic imine (C=N–C) groups is 1. The van der Waals surface area contributed by atoms with E-state index >= 15 is 0 Å². The van der Waals surface area contributed by atoms with E-state index in [4.69, 9.17) is 19.9 Å². The van der Waals surface area contributed by atoms with Crippen molar-refractivity contribution < 1.29 is 14.2 Å². The summed E-state index contributed by atoms with van der Waals surface area (Å²) in [6, 6.07) is 13.5. The molecule has 1 heterocycles. The molecule has 1 aliphatic rings. The first kappa shape index (κ1) is 23.1. The highest BCUT2D eigenvalue weighted by Gasteiger charge is 2.11. The summed E-state index contributed by atoms with van der Waals surface area (Å²) < 4.78 is 17.2. The number of guanidine groups is 1. The van der Waals surface area contributed by atoms with Crippen molar-refractivity contribution in [1.29, 1.82) is 0 Å². The zero-order chi connectivity index (χ0) is 19.8. The SMILES string of the molecule is CN(C)CCOc1ccccc1CN=C(N)Nc1ccc2c(c1)OCCCO2.I. The largest absolute Gasteiger partial charge is 0.492 e. The van der Waals surface area contributed by atoms with Crippen molar-refractivity contribution in [3.8, 4) is 17.2 Å². The van der Waals surface area contributed by atoms with Crippen LogP contribution in [0.4, 0.5) is 5.69 Å². The van der Waals surface area contributed by atoms with Gasteiger partial charge in [0.1, 0.15) is 12.4 Å². The van der Waals surface area contributed by atoms with Crippen LogP contribution in [0.25, 0.3) is 0 Å². The molecule has 2 aromatic rings. The summed E-state index contributed by atoms with van der Waals surface area (Å²) in [5, 5.41) is 3.10. The number of para-hydroxylation sites is 1. The summed E-state index contributed by atoms with van der Waals surface area (Å²) in [6.07, 6.45) is 0.872. The predicted molar refractivity (Wildman–Crippen MR) is 127 cm³/mol. The Morgan fingerprint density at radius 2 is 1.90 bits per heavy atom. The monoisotopic (exact) mass is 512 g/mol. The highest BCUT2D eigenvalue weighted by Crippen LogP contribution is 2.32. The Kier molecular flexibility index (Phi) is 9.33. The van der Waals surface area contributed by atoms with E-state index < -0.39 is 0 Å². The Labute approximate surface area is 189 Å². The van der Waals surface area contributed by atoms with Gasteiger partial charge in [-0.1, -0.05) is 18.2 Å². The van der Waals surface area contributed by atoms with Crippen molar-refractivity contribution in [1.82, 2.24) is 4.90 Å². The van der Waals surface area contributed by atoms with Crippen molar-refractivity contribution >= 4 is 35.6 Å². The van der Waals surface area contributed by atoms with E-state index in [9.17, 15) is 0 Å². The number of hydrogen-bond donors (Lipinski definition) is 2. The van der Waals surface area contributed by atoms with Crippen LogP contribution >= 0.6 is 24.0 Å². The fraction of sp³-hybridized carbons (Fsp3) is 0.381. The summed E-state index contributed by atoms with van der Waals surface area (Å²) in [6.45, 7) is 3.22. The lowest BCUT2D eigenvalue weighted by Gasteiger charge is -2.13. The zero-order valence-electron chi connectivity index (χ0n) is 16.9. The Bertz CT molecular complexity index is 814. The van der Waals surface area contributed by atoms with Gasteiger partial charge < -0.3 is 30.2 Å². The number of halogens is 1. The summed E-state index contributed by atoms with van der Waals surface area (Å²) in [5.41, 5.74) is 7.87. The van der Waals surface area contributed by atoms with Crippen LogP contribution in [0.15, 0.2) is 47.5 Å². The van der Waals surface area contributed by atoms with Crippen LogP contribution in [0.3, 0.4) is 0 Å². The van der Waals surface area contributed by atoms with E-state index in [1.165, 1.54) is 0 Å². The fourth-order valence-electron chi connectivity index (χ4n) is 2.71. The molecule has 8 heteroatoms. The first-order valence-electron chi connectivity index (χ1n) is 9.44. The Hall–Kier alpha value is -2.20. The molecule has 0 unspecified atom stereocenters. The minimum atomic E-state index is 0. The molecule has 0 spiro atoms. The number of rotatable bonds is 7. The molecule has 158 valence electrons. The van der Waals surface area contributed by atoms with Gasteiger partial charge in [-0.2, -0.15) is 0 Å². The number of benzene rings is 2. The lowest BCUT2D eigenvalue weighted by atomic mass is 10.2. The van der Waals surface area contributed by atoms with Gasteiger partial charge >= 0.3 is 0 Å². The van der Waals surface area contributed by atoms with Crippen molar-refractivity contribution in [2.75, 3.05) is 45.8 Å². The summed E-state index contributed by atoms with van der Waals surface area (Å²) >= 11 is 0. The average molecular weight is 512 g/mol. The normalized spacial score (nSPS) is 13.4. The average Bonchev–Trinajstić information content (AvgIpc) is 2.92. The molecule has 3 rings (SSSR count). The number of nitrogens with zero attached hydrogens (tertiary/aromatic N) is 2. The molecule has 3 N–H and O–H groups in total. The molecule has 0 amide bonds. The Balaban J connectivity index is 0.00000300. The van der Waals surface area contributed by atoms with Gasteiger partial charge in [-0.05, 0) is 32.3 Å². The summed E-state index contributed by atoms with van der Waals surface area (Å²) in [4.78, 5) is 6.53. The van der Waals surface area contributed by atoms with E-state index in [1.54, 1.807) is 0 Å². The minimum absolute atomic E-state index is 0. The van der Waals surface area contributed by atoms with Gasteiger partial charge in [0.05, 0.1) is 19.8 Å². The lowest BCUT2D eigenvalue weighted by molar-refractivity contribution is 0.259. The van der Waals surface area contributed by atoms with Crippen LogP contribution in [-0.4, -0.2) is 51.3 Å². The molecule has 0 fully saturated rings. The van der Waals surface area contributed by atoms with Crippen LogP contribution in [0.1, 0.15) is 12.0 Å². The Morgan fingerprint density at radius 3 is 2.69 bits per heavy atom. The van der Waals surface area contributed by atoms with E-state index in [1.807, 2.05) is 56.6 Å². The zero-order valence-corrected chi connectivity index (χ0v) is 19.2. The maximum atomic E-state index is 6.07. The number of fused-ring (bicyclic) bond motifs is 1. The second kappa shape index (κ2) is 11.7. The highest BCUT2D eigenvalue weighted by molar-refractivity contribution is 14.0. The second-order valence-corrected chi connectivity index (χ2v) is 6.80. The van der Waals surface area contributed by atoms with E-state index in [-0.39, 0.29) is 24.0 Å². The van der Waals surface area contributed by atoms with Gasteiger partial charge in [0.15, 0.2) is 17.5 Å². The van der Waals surface area contributed by atoms with Crippen molar-refractivity contribution in [2.24, 2.45) is 10.7 Å². The predicted octanol–water partition coefficient (Wildman–Crippen LogP) is 3.33. The number of hydrogen-bond acceptors (Lipinski definition) is 5. The third-order valence-corrected chi connectivity index (χ3v) is 4.21. The van der Waals surface area contributed by atoms with Crippen LogP contribution in [-0.2, 0) is 6.54 Å². The lowest BCUT2D eigenvalue weighted by Crippen LogP contribution is -2.22. The Morgan fingerprint density at radius 1 is 1.14 bits per heavy atom. The molecule has 1 aliphatic heterocycles. The van der Waals surface area contributed by atoms with Gasteiger partial charge in [0.2, 0.25) is 0 Å². The standard InChI is InChI=1S/C21H28N4O3.HI/c1-25(2)10-13-28-18-7-4-3-6-16(18)15-23-21(22)24-17-8-9-19-20(14-17)27-12-5-11-26-19;/h3-4,6-9,14H,5,10-13,15H2,1-2H3,(H3,22,23,24);1H. The molecule has 29 heavy (non-hydrogen) atoms. The molecule has 0 saturated carbocycles. The number of anilines is 1. The molecule has 0 bridgehead atoms. The van der Waals surface area contributed by atoms with Crippen molar-refractivity contribution in [3.63, 3.8) is 0 Å². The van der Waals surface area contributed by atoms with Crippen molar-refractivity contribution in [3.05, 3.63) is 48.0 Å². The molecule has 0 radical (unpaired) electrons. The third-order valence-electron chi connectivity index (χ3n) is 4.21. The molecular weight excluding hydrogens is 483 g/mol. The minimum Gasteiger partial charge on any atom is -0.492 e. The van der Waals surface area contributed by atoms with Crippen LogP contribution < -0.4 is 25.3 Å². The molecule has 0 saturated heterocycles. The number of likely N-dealkylation sites (N-methyl/N-ethyl adjacent to an activating group) is 1. The third kappa shape index (κ3) is 7.28. The van der Waals surface area contributed by atoms with E-state index in [2.05, 4.69) is 15.2 Å². The highest BCUT2D eigenvalue weighted by atomic mass is 127. The second-order valence-electron chi connectivity index (χ2n) is 6.80. The van der Waals surface area contributed by atoms with Crippen LogP contribution in [0, 0.1) is 0 Å². The molecule has 0 atom stereocenters. The number of nitrogens with two attached hydrogens (primary N) is 1. The molecule has 0 aliphatic carbocycles. The first-order valence-corrected chi connectivity index (χ1v) is 9.44. The quantitative estimate of drug-likeness (QED) is 0.337. The van der Waals surface area contributed by atoms with Crippen LogP contribution in [0.2, 0.25) is 0 Å². The van der Waals surface area contributed by atoms with E-state index in [0.29, 0.717) is 32.3 Å². The van der Waals surface area contributed by atoms with Gasteiger partial charge in [-0.3, -0.25) is 0 Å². The van der Waals surface area contributed by atoms with E-state index in [0.717, 1.165) is 41.5 Å². The first-order chi connectivity index (χ1) is 13.6. The van der Waals surface area contributed by atoms with Crippen LogP contribution in [0.5, 0.6) is 17.2 Å². The molecule has 7 nitrogen and oxygen atoms in total. The fourth-order valence-corrected chi connectivity index (χ4v) is 2.71. The number of nitrogens with one attached hydrogen (secondary N) is 1. The van der Waals surface area contributed by atoms with Gasteiger partial charge in [0, 0.05) is 30.3 Å². The smallest absolute Gasteiger partial charge is 0.193 e. The molecule has 2 aromatic carbocycles. The summed E-state index contributed by atoms with van der Waals surface area (Å²) in [5.74, 6) is 2.63. The topological polar surface area (TPSA) is 81.3 Å².